The summed E-state index contributed by atoms with van der Waals surface area (Å²) >= 11 is 3.68. The first-order valence-corrected chi connectivity index (χ1v) is 6.82. The molecule has 2 heterocycles. The molecule has 3 nitrogen and oxygen atoms in total. The average Bonchev–Trinajstić information content (AvgIpc) is 2.22. The van der Waals surface area contributed by atoms with E-state index in [1.165, 1.54) is 25.9 Å². The lowest BCUT2D eigenvalue weighted by Crippen LogP contribution is -2.47. The molecule has 2 aliphatic heterocycles. The molecule has 0 radical (unpaired) electrons. The number of likely N-dealkylation sites (N-methyl/N-ethyl adjacent to an activating group) is 1. The number of piperidine rings is 1. The largest absolute Gasteiger partial charge is 0.374 e. The average molecular weight is 277 g/mol. The summed E-state index contributed by atoms with van der Waals surface area (Å²) in [5.74, 6) is 0. The van der Waals surface area contributed by atoms with Crippen LogP contribution in [0.5, 0.6) is 0 Å². The lowest BCUT2D eigenvalue weighted by Gasteiger charge is -2.36. The van der Waals surface area contributed by atoms with Crippen LogP contribution in [-0.2, 0) is 4.74 Å². The van der Waals surface area contributed by atoms with Gasteiger partial charge in [-0.2, -0.15) is 0 Å². The van der Waals surface area contributed by atoms with Gasteiger partial charge in [-0.15, -0.1) is 0 Å². The van der Waals surface area contributed by atoms with Crippen molar-refractivity contribution < 1.29 is 4.74 Å². The summed E-state index contributed by atoms with van der Waals surface area (Å²) in [6.45, 7) is 6.63. The number of rotatable bonds is 2. The highest BCUT2D eigenvalue weighted by Crippen LogP contribution is 2.18. The minimum Gasteiger partial charge on any atom is -0.374 e. The normalized spacial score (nSPS) is 32.0. The molecule has 4 heteroatoms. The highest BCUT2D eigenvalue weighted by Gasteiger charge is 2.23. The van der Waals surface area contributed by atoms with Crippen molar-refractivity contribution in [3.8, 4) is 0 Å². The molecule has 0 saturated carbocycles. The monoisotopic (exact) mass is 276 g/mol. The molecule has 0 N–H and O–H groups in total. The Bertz CT molecular complexity index is 195. The van der Waals surface area contributed by atoms with Crippen molar-refractivity contribution in [1.82, 2.24) is 9.80 Å². The first-order valence-electron chi connectivity index (χ1n) is 5.90. The molecule has 2 aliphatic rings. The van der Waals surface area contributed by atoms with E-state index < -0.39 is 0 Å². The predicted molar refractivity (Wildman–Crippen MR) is 65.6 cm³/mol. The van der Waals surface area contributed by atoms with Gasteiger partial charge in [-0.05, 0) is 33.0 Å². The van der Waals surface area contributed by atoms with Crippen molar-refractivity contribution in [3.05, 3.63) is 0 Å². The minimum atomic E-state index is 0.427. The fraction of sp³-hybridized carbons (Fsp3) is 1.00. The van der Waals surface area contributed by atoms with E-state index >= 15 is 0 Å². The van der Waals surface area contributed by atoms with Gasteiger partial charge in [0, 0.05) is 24.5 Å². The topological polar surface area (TPSA) is 15.7 Å². The van der Waals surface area contributed by atoms with Crippen molar-refractivity contribution in [2.45, 2.75) is 23.8 Å². The highest BCUT2D eigenvalue weighted by molar-refractivity contribution is 9.09. The second kappa shape index (κ2) is 5.62. The van der Waals surface area contributed by atoms with Gasteiger partial charge in [-0.25, -0.2) is 0 Å². The number of nitrogens with zero attached hydrogens (tertiary/aromatic N) is 2. The molecule has 1 atom stereocenters. The lowest BCUT2D eigenvalue weighted by atomic mass is 10.1. The van der Waals surface area contributed by atoms with Gasteiger partial charge in [0.15, 0.2) is 0 Å². The van der Waals surface area contributed by atoms with Crippen molar-refractivity contribution in [1.29, 1.82) is 0 Å². The van der Waals surface area contributed by atoms with E-state index in [0.717, 1.165) is 31.1 Å². The Morgan fingerprint density at radius 1 is 1.27 bits per heavy atom. The van der Waals surface area contributed by atoms with Gasteiger partial charge in [0.1, 0.15) is 0 Å². The number of hydrogen-bond acceptors (Lipinski definition) is 3. The molecule has 0 bridgehead atoms. The highest BCUT2D eigenvalue weighted by atomic mass is 79.9. The van der Waals surface area contributed by atoms with Crippen LogP contribution in [0.25, 0.3) is 0 Å². The van der Waals surface area contributed by atoms with Crippen LogP contribution in [0.15, 0.2) is 0 Å². The third-order valence-electron chi connectivity index (χ3n) is 3.32. The van der Waals surface area contributed by atoms with Gasteiger partial charge < -0.3 is 14.5 Å². The van der Waals surface area contributed by atoms with Crippen LogP contribution in [0, 0.1) is 0 Å². The zero-order valence-corrected chi connectivity index (χ0v) is 11.1. The standard InChI is InChI=1S/C11H21BrN2O/c1-13-6-7-15-11(8-13)9-14-4-2-10(12)3-5-14/h10-11H,2-9H2,1H3. The van der Waals surface area contributed by atoms with Gasteiger partial charge in [-0.3, -0.25) is 0 Å². The number of morpholine rings is 1. The summed E-state index contributed by atoms with van der Waals surface area (Å²) in [4.78, 5) is 5.65. The second-order valence-electron chi connectivity index (χ2n) is 4.73. The van der Waals surface area contributed by atoms with E-state index in [9.17, 15) is 0 Å². The van der Waals surface area contributed by atoms with E-state index in [2.05, 4.69) is 32.8 Å². The van der Waals surface area contributed by atoms with E-state index in [0.29, 0.717) is 6.10 Å². The van der Waals surface area contributed by atoms with Crippen LogP contribution in [0.4, 0.5) is 0 Å². The lowest BCUT2D eigenvalue weighted by molar-refractivity contribution is -0.0373. The summed E-state index contributed by atoms with van der Waals surface area (Å²) in [6.07, 6.45) is 2.99. The van der Waals surface area contributed by atoms with Crippen LogP contribution in [0.1, 0.15) is 12.8 Å². The third-order valence-corrected chi connectivity index (χ3v) is 4.24. The number of alkyl halides is 1. The van der Waals surface area contributed by atoms with Crippen LogP contribution in [0.3, 0.4) is 0 Å². The molecular formula is C11H21BrN2O. The number of halogens is 1. The van der Waals surface area contributed by atoms with Crippen molar-refractivity contribution in [2.75, 3.05) is 46.4 Å². The Labute approximate surface area is 101 Å². The predicted octanol–water partition coefficient (Wildman–Crippen LogP) is 1.18. The zero-order chi connectivity index (χ0) is 10.7. The maximum atomic E-state index is 5.78. The smallest absolute Gasteiger partial charge is 0.0829 e. The molecule has 0 aromatic carbocycles. The van der Waals surface area contributed by atoms with Crippen molar-refractivity contribution in [3.63, 3.8) is 0 Å². The van der Waals surface area contributed by atoms with Gasteiger partial charge in [0.2, 0.25) is 0 Å². The molecule has 15 heavy (non-hydrogen) atoms. The Morgan fingerprint density at radius 2 is 2.00 bits per heavy atom. The summed E-state index contributed by atoms with van der Waals surface area (Å²) in [5.41, 5.74) is 0. The summed E-state index contributed by atoms with van der Waals surface area (Å²) in [5, 5.41) is 0. The third kappa shape index (κ3) is 3.70. The quantitative estimate of drug-likeness (QED) is 0.705. The van der Waals surface area contributed by atoms with E-state index in [-0.39, 0.29) is 0 Å². The second-order valence-corrected chi connectivity index (χ2v) is 6.03. The molecule has 1 unspecified atom stereocenters. The zero-order valence-electron chi connectivity index (χ0n) is 9.49. The van der Waals surface area contributed by atoms with Crippen LogP contribution in [0.2, 0.25) is 0 Å². The molecular weight excluding hydrogens is 256 g/mol. The SMILES string of the molecule is CN1CCOC(CN2CCC(Br)CC2)C1. The van der Waals surface area contributed by atoms with Gasteiger partial charge in [0.25, 0.3) is 0 Å². The fourth-order valence-corrected chi connectivity index (χ4v) is 2.76. The summed E-state index contributed by atoms with van der Waals surface area (Å²) in [6, 6.07) is 0. The number of likely N-dealkylation sites (tertiary alicyclic amines) is 1. The van der Waals surface area contributed by atoms with Crippen LogP contribution < -0.4 is 0 Å². The molecule has 2 rings (SSSR count). The Kier molecular flexibility index (Phi) is 4.43. The van der Waals surface area contributed by atoms with Crippen molar-refractivity contribution >= 4 is 15.9 Å². The maximum absolute atomic E-state index is 5.78. The molecule has 0 spiro atoms. The minimum absolute atomic E-state index is 0.427. The van der Waals surface area contributed by atoms with Crippen LogP contribution in [-0.4, -0.2) is 67.1 Å². The molecule has 0 amide bonds. The van der Waals surface area contributed by atoms with Crippen molar-refractivity contribution in [2.24, 2.45) is 0 Å². The number of ether oxygens (including phenoxy) is 1. The molecule has 2 fully saturated rings. The molecule has 2 saturated heterocycles. The molecule has 0 aromatic heterocycles. The van der Waals surface area contributed by atoms with Gasteiger partial charge in [0.05, 0.1) is 12.7 Å². The summed E-state index contributed by atoms with van der Waals surface area (Å²) < 4.78 is 5.78. The first kappa shape index (κ1) is 11.8. The molecule has 0 aromatic rings. The molecule has 0 aliphatic carbocycles. The maximum Gasteiger partial charge on any atom is 0.0829 e. The van der Waals surface area contributed by atoms with E-state index in [4.69, 9.17) is 4.74 Å². The van der Waals surface area contributed by atoms with Gasteiger partial charge in [-0.1, -0.05) is 15.9 Å². The fourth-order valence-electron chi connectivity index (χ4n) is 2.35. The van der Waals surface area contributed by atoms with Gasteiger partial charge >= 0.3 is 0 Å². The van der Waals surface area contributed by atoms with E-state index in [1.807, 2.05) is 0 Å². The summed E-state index contributed by atoms with van der Waals surface area (Å²) in [7, 11) is 2.18. The number of hydrogen-bond donors (Lipinski definition) is 0. The first-order chi connectivity index (χ1) is 7.24. The Balaban J connectivity index is 1.71. The van der Waals surface area contributed by atoms with E-state index in [1.54, 1.807) is 0 Å². The van der Waals surface area contributed by atoms with Crippen LogP contribution >= 0.6 is 15.9 Å². The Morgan fingerprint density at radius 3 is 2.67 bits per heavy atom. The molecule has 88 valence electrons. The Hall–Kier alpha value is 0.360.